The fourth-order valence-electron chi connectivity index (χ4n) is 4.40. The molecule has 0 spiro atoms. The maximum Gasteiger partial charge on any atom is 0.297 e. The van der Waals surface area contributed by atoms with Crippen molar-refractivity contribution in [2.75, 3.05) is 18.1 Å². The molecule has 1 aliphatic rings. The van der Waals surface area contributed by atoms with Crippen LogP contribution in [0.3, 0.4) is 0 Å². The fraction of sp³-hybridized carbons (Fsp3) is 0.296. The summed E-state index contributed by atoms with van der Waals surface area (Å²) in [5.74, 6) is 0.829. The van der Waals surface area contributed by atoms with Crippen LogP contribution in [0, 0.1) is 20.8 Å². The molecular formula is C27H26N2O5S. The van der Waals surface area contributed by atoms with E-state index in [1.165, 1.54) is 11.3 Å². The van der Waals surface area contributed by atoms with Gasteiger partial charge in [0.2, 0.25) is 5.76 Å². The van der Waals surface area contributed by atoms with E-state index in [9.17, 15) is 9.59 Å². The second kappa shape index (κ2) is 8.85. The summed E-state index contributed by atoms with van der Waals surface area (Å²) in [5.41, 5.74) is 2.98. The lowest BCUT2D eigenvalue weighted by atomic mass is 9.98. The highest BCUT2D eigenvalue weighted by atomic mass is 32.1. The van der Waals surface area contributed by atoms with Gasteiger partial charge in [-0.15, -0.1) is 11.3 Å². The van der Waals surface area contributed by atoms with Crippen molar-refractivity contribution >= 4 is 33.3 Å². The number of anilines is 1. The number of ether oxygens (including phenoxy) is 2. The monoisotopic (exact) mass is 490 g/mol. The molecule has 0 saturated carbocycles. The Morgan fingerprint density at radius 3 is 2.43 bits per heavy atom. The van der Waals surface area contributed by atoms with Crippen molar-refractivity contribution in [3.05, 3.63) is 79.6 Å². The quantitative estimate of drug-likeness (QED) is 0.344. The second-order valence-corrected chi connectivity index (χ2v) is 9.64. The van der Waals surface area contributed by atoms with E-state index in [0.717, 1.165) is 16.1 Å². The lowest BCUT2D eigenvalue weighted by Gasteiger charge is -2.23. The average Bonchev–Trinajstić information content (AvgIpc) is 3.31. The molecule has 2 aromatic heterocycles. The first-order chi connectivity index (χ1) is 16.8. The van der Waals surface area contributed by atoms with Crippen LogP contribution in [0.4, 0.5) is 5.13 Å². The fourth-order valence-corrected chi connectivity index (χ4v) is 5.33. The maximum absolute atomic E-state index is 13.8. The van der Waals surface area contributed by atoms with Crippen LogP contribution in [0.5, 0.6) is 11.5 Å². The summed E-state index contributed by atoms with van der Waals surface area (Å²) in [6.07, 6.45) is 0. The molecule has 4 aromatic rings. The van der Waals surface area contributed by atoms with Crippen molar-refractivity contribution in [2.24, 2.45) is 0 Å². The zero-order valence-electron chi connectivity index (χ0n) is 20.3. The number of thiazole rings is 1. The molecule has 1 atom stereocenters. The number of benzene rings is 2. The number of fused-ring (bicyclic) bond motifs is 2. The standard InChI is InChI=1S/C27H26N2O5S/c1-6-32-20-11-9-17(13-21(20)33-7-2)23-22-24(30)18-12-14(3)8-10-19(18)34-25(22)26(31)29(23)27-28-15(4)16(5)35-27/h8-13,23H,6-7H2,1-5H3. The number of rotatable bonds is 6. The molecule has 180 valence electrons. The Bertz CT molecular complexity index is 1500. The van der Waals surface area contributed by atoms with Gasteiger partial charge in [0.05, 0.1) is 35.9 Å². The van der Waals surface area contributed by atoms with E-state index in [1.807, 2.05) is 58.9 Å². The molecule has 8 heteroatoms. The molecule has 5 rings (SSSR count). The van der Waals surface area contributed by atoms with Crippen molar-refractivity contribution in [3.8, 4) is 11.5 Å². The van der Waals surface area contributed by atoms with E-state index in [4.69, 9.17) is 13.9 Å². The van der Waals surface area contributed by atoms with Crippen molar-refractivity contribution < 1.29 is 18.7 Å². The summed E-state index contributed by atoms with van der Waals surface area (Å²) in [4.78, 5) is 34.8. The van der Waals surface area contributed by atoms with Gasteiger partial charge in [0.25, 0.3) is 5.91 Å². The highest BCUT2D eigenvalue weighted by Crippen LogP contribution is 2.44. The zero-order chi connectivity index (χ0) is 24.9. The predicted molar refractivity (Wildman–Crippen MR) is 136 cm³/mol. The molecule has 1 unspecified atom stereocenters. The highest BCUT2D eigenvalue weighted by molar-refractivity contribution is 7.15. The second-order valence-electron chi connectivity index (χ2n) is 8.46. The van der Waals surface area contributed by atoms with Gasteiger partial charge in [0, 0.05) is 4.88 Å². The maximum atomic E-state index is 13.8. The summed E-state index contributed by atoms with van der Waals surface area (Å²) in [7, 11) is 0. The lowest BCUT2D eigenvalue weighted by Crippen LogP contribution is -2.29. The minimum Gasteiger partial charge on any atom is -0.490 e. The Morgan fingerprint density at radius 2 is 1.74 bits per heavy atom. The van der Waals surface area contributed by atoms with Crippen molar-refractivity contribution in [1.29, 1.82) is 0 Å². The third kappa shape index (κ3) is 3.78. The number of aryl methyl sites for hydroxylation is 3. The summed E-state index contributed by atoms with van der Waals surface area (Å²) < 4.78 is 17.6. The first-order valence-electron chi connectivity index (χ1n) is 11.6. The van der Waals surface area contributed by atoms with Crippen LogP contribution < -0.4 is 19.8 Å². The van der Waals surface area contributed by atoms with Crippen LogP contribution in [0.15, 0.2) is 45.6 Å². The van der Waals surface area contributed by atoms with Crippen molar-refractivity contribution in [3.63, 3.8) is 0 Å². The molecule has 35 heavy (non-hydrogen) atoms. The van der Waals surface area contributed by atoms with E-state index in [0.29, 0.717) is 51.9 Å². The first kappa shape index (κ1) is 23.1. The predicted octanol–water partition coefficient (Wildman–Crippen LogP) is 5.72. The number of hydrogen-bond acceptors (Lipinski definition) is 7. The number of amides is 1. The van der Waals surface area contributed by atoms with Crippen LogP contribution in [0.1, 0.15) is 57.7 Å². The molecular weight excluding hydrogens is 464 g/mol. The Morgan fingerprint density at radius 1 is 1.00 bits per heavy atom. The van der Waals surface area contributed by atoms with Crippen molar-refractivity contribution in [1.82, 2.24) is 4.98 Å². The van der Waals surface area contributed by atoms with E-state index in [1.54, 1.807) is 17.0 Å². The van der Waals surface area contributed by atoms with Gasteiger partial charge in [-0.25, -0.2) is 4.98 Å². The molecule has 0 N–H and O–H groups in total. The summed E-state index contributed by atoms with van der Waals surface area (Å²) >= 11 is 1.42. The summed E-state index contributed by atoms with van der Waals surface area (Å²) in [5, 5.41) is 0.971. The smallest absolute Gasteiger partial charge is 0.297 e. The molecule has 1 aliphatic heterocycles. The van der Waals surface area contributed by atoms with Crippen molar-refractivity contribution in [2.45, 2.75) is 40.7 Å². The molecule has 0 saturated heterocycles. The van der Waals surface area contributed by atoms with Crippen LogP contribution in [0.2, 0.25) is 0 Å². The van der Waals surface area contributed by atoms with Crippen LogP contribution in [0.25, 0.3) is 11.0 Å². The molecule has 0 aliphatic carbocycles. The largest absolute Gasteiger partial charge is 0.490 e. The zero-order valence-corrected chi connectivity index (χ0v) is 21.1. The molecule has 0 bridgehead atoms. The lowest BCUT2D eigenvalue weighted by molar-refractivity contribution is 0.0971. The van der Waals surface area contributed by atoms with E-state index >= 15 is 0 Å². The Balaban J connectivity index is 1.78. The van der Waals surface area contributed by atoms with Gasteiger partial charge in [-0.3, -0.25) is 14.5 Å². The summed E-state index contributed by atoms with van der Waals surface area (Å²) in [6, 6.07) is 10.2. The van der Waals surface area contributed by atoms with Gasteiger partial charge in [-0.05, 0) is 64.4 Å². The number of carbonyl (C=O) groups excluding carboxylic acids is 1. The number of nitrogens with zero attached hydrogens (tertiary/aromatic N) is 2. The number of hydrogen-bond donors (Lipinski definition) is 0. The van der Waals surface area contributed by atoms with Crippen LogP contribution in [-0.4, -0.2) is 24.1 Å². The topological polar surface area (TPSA) is 81.9 Å². The minimum atomic E-state index is -0.710. The SMILES string of the molecule is CCOc1ccc(C2c3c(oc4ccc(C)cc4c3=O)C(=O)N2c2nc(C)c(C)s2)cc1OCC. The van der Waals surface area contributed by atoms with Gasteiger partial charge in [-0.1, -0.05) is 17.7 Å². The van der Waals surface area contributed by atoms with Crippen LogP contribution >= 0.6 is 11.3 Å². The highest BCUT2D eigenvalue weighted by Gasteiger charge is 2.45. The van der Waals surface area contributed by atoms with E-state index in [2.05, 4.69) is 4.98 Å². The Hall–Kier alpha value is -3.65. The first-order valence-corrected chi connectivity index (χ1v) is 12.4. The normalized spacial score (nSPS) is 15.1. The minimum absolute atomic E-state index is 0.0497. The van der Waals surface area contributed by atoms with Gasteiger partial charge in [0.15, 0.2) is 22.1 Å². The molecule has 7 nitrogen and oxygen atoms in total. The number of aromatic nitrogens is 1. The Labute approximate surface area is 206 Å². The van der Waals surface area contributed by atoms with Gasteiger partial charge in [0.1, 0.15) is 5.58 Å². The molecule has 3 heterocycles. The molecule has 0 radical (unpaired) electrons. The third-order valence-electron chi connectivity index (χ3n) is 6.13. The molecule has 0 fully saturated rings. The Kier molecular flexibility index (Phi) is 5.84. The van der Waals surface area contributed by atoms with Gasteiger partial charge in [-0.2, -0.15) is 0 Å². The molecule has 1 amide bonds. The van der Waals surface area contributed by atoms with Crippen LogP contribution in [-0.2, 0) is 0 Å². The van der Waals surface area contributed by atoms with Gasteiger partial charge < -0.3 is 13.9 Å². The summed E-state index contributed by atoms with van der Waals surface area (Å²) in [6.45, 7) is 10.5. The van der Waals surface area contributed by atoms with E-state index < -0.39 is 6.04 Å². The average molecular weight is 491 g/mol. The van der Waals surface area contributed by atoms with E-state index in [-0.39, 0.29) is 17.1 Å². The van der Waals surface area contributed by atoms with Gasteiger partial charge >= 0.3 is 0 Å². The molecule has 2 aromatic carbocycles. The number of carbonyl (C=O) groups is 1. The third-order valence-corrected chi connectivity index (χ3v) is 7.20.